The molecule has 0 rings (SSSR count). The number of Topliss-reactive ketones (excluding diaryl/α,β-unsaturated/α-hetero) is 1. The van der Waals surface area contributed by atoms with Crippen molar-refractivity contribution in [2.45, 2.75) is 60.1 Å². The maximum Gasteiger partial charge on any atom is 0.246 e. The molecule has 0 aliphatic heterocycles. The van der Waals surface area contributed by atoms with Gasteiger partial charge < -0.3 is 10.1 Å². The van der Waals surface area contributed by atoms with Crippen LogP contribution in [0.1, 0.15) is 48.0 Å². The molecule has 106 valence electrons. The molecule has 0 aliphatic carbocycles. The lowest BCUT2D eigenvalue weighted by molar-refractivity contribution is -0.132. The molecule has 2 unspecified atom stereocenters. The number of ketones is 1. The van der Waals surface area contributed by atoms with Gasteiger partial charge in [0.1, 0.15) is 6.61 Å². The molecule has 4 nitrogen and oxygen atoms in total. The topological polar surface area (TPSA) is 55.4 Å². The first-order valence-corrected chi connectivity index (χ1v) is 6.65. The molecule has 18 heavy (non-hydrogen) atoms. The number of carbonyl (C=O) groups excluding carboxylic acids is 2. The smallest absolute Gasteiger partial charge is 0.246 e. The standard InChI is InChI=1S/C14H27NO3/c1-9(2)7-11(5)18-8-13(17)15-14(10(3)4)12(6)16/h9-11,14H,7-8H2,1-6H3,(H,15,17). The minimum atomic E-state index is -0.415. The molecule has 2 atom stereocenters. The monoisotopic (exact) mass is 257 g/mol. The molecule has 1 amide bonds. The van der Waals surface area contributed by atoms with Crippen LogP contribution in [0.15, 0.2) is 0 Å². The van der Waals surface area contributed by atoms with Crippen molar-refractivity contribution in [3.05, 3.63) is 0 Å². The Hall–Kier alpha value is -0.900. The zero-order valence-electron chi connectivity index (χ0n) is 12.4. The summed E-state index contributed by atoms with van der Waals surface area (Å²) in [6.45, 7) is 11.5. The quantitative estimate of drug-likeness (QED) is 0.725. The minimum absolute atomic E-state index is 0.0182. The van der Waals surface area contributed by atoms with Crippen LogP contribution in [0.25, 0.3) is 0 Å². The maximum absolute atomic E-state index is 11.7. The highest BCUT2D eigenvalue weighted by molar-refractivity contribution is 5.88. The van der Waals surface area contributed by atoms with E-state index in [4.69, 9.17) is 4.74 Å². The first-order valence-electron chi connectivity index (χ1n) is 6.65. The second kappa shape index (κ2) is 8.25. The Balaban J connectivity index is 4.06. The van der Waals surface area contributed by atoms with Gasteiger partial charge >= 0.3 is 0 Å². The van der Waals surface area contributed by atoms with Gasteiger partial charge in [-0.05, 0) is 32.1 Å². The largest absolute Gasteiger partial charge is 0.369 e. The Labute approximate surface area is 110 Å². The van der Waals surface area contributed by atoms with Crippen molar-refractivity contribution in [1.29, 1.82) is 0 Å². The Bertz CT molecular complexity index is 274. The molecule has 0 radical (unpaired) electrons. The van der Waals surface area contributed by atoms with E-state index in [-0.39, 0.29) is 30.3 Å². The Morgan fingerprint density at radius 1 is 1.11 bits per heavy atom. The van der Waals surface area contributed by atoms with Crippen LogP contribution in [0, 0.1) is 11.8 Å². The number of amides is 1. The molecule has 0 aromatic carbocycles. The van der Waals surface area contributed by atoms with Crippen molar-refractivity contribution >= 4 is 11.7 Å². The second-order valence-electron chi connectivity index (χ2n) is 5.65. The van der Waals surface area contributed by atoms with Gasteiger partial charge in [0.2, 0.25) is 5.91 Å². The van der Waals surface area contributed by atoms with Crippen molar-refractivity contribution in [3.63, 3.8) is 0 Å². The number of rotatable bonds is 8. The zero-order valence-corrected chi connectivity index (χ0v) is 12.4. The first-order chi connectivity index (χ1) is 8.23. The fourth-order valence-electron chi connectivity index (χ4n) is 1.90. The molecule has 0 aromatic rings. The van der Waals surface area contributed by atoms with Gasteiger partial charge in [0.05, 0.1) is 12.1 Å². The molecular weight excluding hydrogens is 230 g/mol. The van der Waals surface area contributed by atoms with E-state index in [1.165, 1.54) is 6.92 Å². The zero-order chi connectivity index (χ0) is 14.3. The predicted octanol–water partition coefficient (Wildman–Crippen LogP) is 2.17. The van der Waals surface area contributed by atoms with Gasteiger partial charge in [-0.25, -0.2) is 0 Å². The summed E-state index contributed by atoms with van der Waals surface area (Å²) in [5, 5.41) is 2.71. The molecule has 4 heteroatoms. The van der Waals surface area contributed by atoms with Crippen molar-refractivity contribution in [1.82, 2.24) is 5.32 Å². The van der Waals surface area contributed by atoms with E-state index < -0.39 is 6.04 Å². The predicted molar refractivity (Wildman–Crippen MR) is 72.3 cm³/mol. The molecular formula is C14H27NO3. The fraction of sp³-hybridized carbons (Fsp3) is 0.857. The normalized spacial score (nSPS) is 14.7. The number of hydrogen-bond acceptors (Lipinski definition) is 3. The highest BCUT2D eigenvalue weighted by atomic mass is 16.5. The van der Waals surface area contributed by atoms with Gasteiger partial charge in [-0.3, -0.25) is 9.59 Å². The van der Waals surface area contributed by atoms with Crippen LogP contribution in [-0.4, -0.2) is 30.4 Å². The summed E-state index contributed by atoms with van der Waals surface area (Å²) < 4.78 is 5.45. The third kappa shape index (κ3) is 7.43. The van der Waals surface area contributed by atoms with E-state index in [0.29, 0.717) is 5.92 Å². The lowest BCUT2D eigenvalue weighted by atomic mass is 10.0. The van der Waals surface area contributed by atoms with Crippen LogP contribution in [0.4, 0.5) is 0 Å². The molecule has 0 bridgehead atoms. The molecule has 0 saturated carbocycles. The Kier molecular flexibility index (Phi) is 7.83. The Morgan fingerprint density at radius 3 is 2.06 bits per heavy atom. The third-order valence-electron chi connectivity index (χ3n) is 2.72. The summed E-state index contributed by atoms with van der Waals surface area (Å²) in [6, 6.07) is -0.415. The van der Waals surface area contributed by atoms with E-state index >= 15 is 0 Å². The third-order valence-corrected chi connectivity index (χ3v) is 2.72. The maximum atomic E-state index is 11.7. The summed E-state index contributed by atoms with van der Waals surface area (Å²) >= 11 is 0. The van der Waals surface area contributed by atoms with Gasteiger partial charge in [-0.15, -0.1) is 0 Å². The molecule has 0 aromatic heterocycles. The lowest BCUT2D eigenvalue weighted by Crippen LogP contribution is -2.45. The Morgan fingerprint density at radius 2 is 1.67 bits per heavy atom. The number of nitrogens with one attached hydrogen (secondary N) is 1. The summed E-state index contributed by atoms with van der Waals surface area (Å²) in [6.07, 6.45) is 0.985. The van der Waals surface area contributed by atoms with Crippen molar-refractivity contribution in [2.24, 2.45) is 11.8 Å². The molecule has 0 fully saturated rings. The number of carbonyl (C=O) groups is 2. The molecule has 0 heterocycles. The molecule has 0 saturated heterocycles. The van der Waals surface area contributed by atoms with Gasteiger partial charge in [0, 0.05) is 0 Å². The van der Waals surface area contributed by atoms with Gasteiger partial charge in [-0.1, -0.05) is 27.7 Å². The van der Waals surface area contributed by atoms with Crippen molar-refractivity contribution in [2.75, 3.05) is 6.61 Å². The lowest BCUT2D eigenvalue weighted by Gasteiger charge is -2.20. The summed E-state index contributed by atoms with van der Waals surface area (Å²) in [5.74, 6) is 0.399. The molecule has 0 spiro atoms. The highest BCUT2D eigenvalue weighted by Gasteiger charge is 2.20. The van der Waals surface area contributed by atoms with Crippen molar-refractivity contribution in [3.8, 4) is 0 Å². The van der Waals surface area contributed by atoms with Crippen LogP contribution in [-0.2, 0) is 14.3 Å². The van der Waals surface area contributed by atoms with E-state index in [0.717, 1.165) is 6.42 Å². The van der Waals surface area contributed by atoms with Crippen LogP contribution in [0.2, 0.25) is 0 Å². The average molecular weight is 257 g/mol. The summed E-state index contributed by atoms with van der Waals surface area (Å²) in [5.41, 5.74) is 0. The first kappa shape index (κ1) is 17.1. The SMILES string of the molecule is CC(=O)C(NC(=O)COC(C)CC(C)C)C(C)C. The van der Waals surface area contributed by atoms with Gasteiger partial charge in [-0.2, -0.15) is 0 Å². The molecule has 1 N–H and O–H groups in total. The number of hydrogen-bond donors (Lipinski definition) is 1. The average Bonchev–Trinajstić information content (AvgIpc) is 2.21. The number of ether oxygens (including phenoxy) is 1. The van der Waals surface area contributed by atoms with E-state index in [1.807, 2.05) is 20.8 Å². The van der Waals surface area contributed by atoms with Crippen molar-refractivity contribution < 1.29 is 14.3 Å². The fourth-order valence-corrected chi connectivity index (χ4v) is 1.90. The van der Waals surface area contributed by atoms with E-state index in [2.05, 4.69) is 19.2 Å². The van der Waals surface area contributed by atoms with Crippen LogP contribution in [0.3, 0.4) is 0 Å². The highest BCUT2D eigenvalue weighted by Crippen LogP contribution is 2.07. The van der Waals surface area contributed by atoms with Gasteiger partial charge in [0.25, 0.3) is 0 Å². The van der Waals surface area contributed by atoms with E-state index in [9.17, 15) is 9.59 Å². The molecule has 0 aliphatic rings. The van der Waals surface area contributed by atoms with Gasteiger partial charge in [0.15, 0.2) is 5.78 Å². The van der Waals surface area contributed by atoms with Crippen LogP contribution < -0.4 is 5.32 Å². The summed E-state index contributed by atoms with van der Waals surface area (Å²) in [7, 11) is 0. The van der Waals surface area contributed by atoms with E-state index in [1.54, 1.807) is 0 Å². The summed E-state index contributed by atoms with van der Waals surface area (Å²) in [4.78, 5) is 23.0. The minimum Gasteiger partial charge on any atom is -0.369 e. The van der Waals surface area contributed by atoms with Crippen LogP contribution >= 0.6 is 0 Å². The second-order valence-corrected chi connectivity index (χ2v) is 5.65. The van der Waals surface area contributed by atoms with Crippen LogP contribution in [0.5, 0.6) is 0 Å².